The number of carbonyl (C=O) groups excluding carboxylic acids is 2. The predicted octanol–water partition coefficient (Wildman–Crippen LogP) is 2.68. The van der Waals surface area contributed by atoms with Crippen molar-refractivity contribution >= 4 is 33.3 Å². The summed E-state index contributed by atoms with van der Waals surface area (Å²) in [7, 11) is -0.727. The topological polar surface area (TPSA) is 90.0 Å². The standard InChI is InChI=1S/C18H21NO6S2/c1-19(27(22,23)17-9-5-11-26-17)10-4-8-16(20)25-13-14-6-3-7-15(12-14)18(21)24-2/h3,5-7,9,11-12H,4,8,10,13H2,1-2H3. The van der Waals surface area contributed by atoms with E-state index in [-0.39, 0.29) is 23.8 Å². The van der Waals surface area contributed by atoms with Gasteiger partial charge in [-0.15, -0.1) is 11.3 Å². The van der Waals surface area contributed by atoms with Gasteiger partial charge in [0, 0.05) is 20.0 Å². The minimum Gasteiger partial charge on any atom is -0.465 e. The van der Waals surface area contributed by atoms with Crippen molar-refractivity contribution in [3.63, 3.8) is 0 Å². The maximum Gasteiger partial charge on any atom is 0.337 e. The van der Waals surface area contributed by atoms with Gasteiger partial charge in [-0.1, -0.05) is 18.2 Å². The van der Waals surface area contributed by atoms with Crippen LogP contribution in [0, 0.1) is 0 Å². The van der Waals surface area contributed by atoms with Crippen LogP contribution >= 0.6 is 11.3 Å². The Kier molecular flexibility index (Phi) is 7.52. The molecule has 0 unspecified atom stereocenters. The number of hydrogen-bond acceptors (Lipinski definition) is 7. The number of carbonyl (C=O) groups is 2. The van der Waals surface area contributed by atoms with Crippen LogP contribution in [0.3, 0.4) is 0 Å². The monoisotopic (exact) mass is 411 g/mol. The molecule has 0 radical (unpaired) electrons. The second-order valence-electron chi connectivity index (χ2n) is 5.71. The van der Waals surface area contributed by atoms with Crippen molar-refractivity contribution in [1.29, 1.82) is 0 Å². The lowest BCUT2D eigenvalue weighted by molar-refractivity contribution is -0.145. The fraction of sp³-hybridized carbons (Fsp3) is 0.333. The van der Waals surface area contributed by atoms with E-state index in [4.69, 9.17) is 4.74 Å². The van der Waals surface area contributed by atoms with Crippen molar-refractivity contribution in [2.75, 3.05) is 20.7 Å². The first-order chi connectivity index (χ1) is 12.8. The average Bonchev–Trinajstić information content (AvgIpc) is 3.21. The molecule has 0 spiro atoms. The molecule has 0 saturated carbocycles. The normalized spacial score (nSPS) is 11.4. The summed E-state index contributed by atoms with van der Waals surface area (Å²) in [6.07, 6.45) is 0.448. The zero-order chi connectivity index (χ0) is 19.9. The van der Waals surface area contributed by atoms with Crippen molar-refractivity contribution < 1.29 is 27.5 Å². The van der Waals surface area contributed by atoms with Crippen LogP contribution in [0.2, 0.25) is 0 Å². The highest BCUT2D eigenvalue weighted by atomic mass is 32.2. The number of rotatable bonds is 9. The number of sulfonamides is 1. The van der Waals surface area contributed by atoms with Crippen LogP contribution in [0.15, 0.2) is 46.0 Å². The van der Waals surface area contributed by atoms with Gasteiger partial charge in [0.25, 0.3) is 10.0 Å². The minimum atomic E-state index is -3.51. The van der Waals surface area contributed by atoms with E-state index in [1.807, 2.05) is 0 Å². The van der Waals surface area contributed by atoms with E-state index in [0.717, 1.165) is 11.3 Å². The van der Waals surface area contributed by atoms with Gasteiger partial charge in [-0.05, 0) is 35.6 Å². The molecule has 2 aromatic rings. The molecule has 7 nitrogen and oxygen atoms in total. The van der Waals surface area contributed by atoms with Gasteiger partial charge in [-0.2, -0.15) is 0 Å². The Balaban J connectivity index is 1.78. The first-order valence-corrected chi connectivity index (χ1v) is 10.5. The SMILES string of the molecule is COC(=O)c1cccc(COC(=O)CCCN(C)S(=O)(=O)c2cccs2)c1. The summed E-state index contributed by atoms with van der Waals surface area (Å²) in [5, 5.41) is 1.70. The zero-order valence-electron chi connectivity index (χ0n) is 15.1. The summed E-state index contributed by atoms with van der Waals surface area (Å²) in [4.78, 5) is 23.4. The highest BCUT2D eigenvalue weighted by molar-refractivity contribution is 7.91. The Bertz CT molecular complexity index is 877. The Hall–Kier alpha value is -2.23. The molecule has 0 N–H and O–H groups in total. The molecule has 0 amide bonds. The van der Waals surface area contributed by atoms with Crippen LogP contribution in [0.25, 0.3) is 0 Å². The Morgan fingerprint density at radius 1 is 1.19 bits per heavy atom. The van der Waals surface area contributed by atoms with E-state index < -0.39 is 22.0 Å². The summed E-state index contributed by atoms with van der Waals surface area (Å²) in [6, 6.07) is 9.85. The van der Waals surface area contributed by atoms with E-state index in [9.17, 15) is 18.0 Å². The van der Waals surface area contributed by atoms with Gasteiger partial charge in [0.15, 0.2) is 0 Å². The smallest absolute Gasteiger partial charge is 0.337 e. The largest absolute Gasteiger partial charge is 0.465 e. The maximum atomic E-state index is 12.3. The number of esters is 2. The van der Waals surface area contributed by atoms with Gasteiger partial charge in [0.1, 0.15) is 10.8 Å². The molecule has 0 fully saturated rings. The average molecular weight is 412 g/mol. The van der Waals surface area contributed by atoms with Gasteiger partial charge in [0.2, 0.25) is 0 Å². The Morgan fingerprint density at radius 2 is 1.96 bits per heavy atom. The van der Waals surface area contributed by atoms with Crippen LogP contribution in [0.1, 0.15) is 28.8 Å². The number of methoxy groups -OCH3 is 1. The summed E-state index contributed by atoms with van der Waals surface area (Å²) in [6.45, 7) is 0.250. The molecule has 0 saturated heterocycles. The molecule has 146 valence electrons. The van der Waals surface area contributed by atoms with Crippen molar-refractivity contribution in [2.24, 2.45) is 0 Å². The van der Waals surface area contributed by atoms with Crippen LogP contribution in [-0.4, -0.2) is 45.4 Å². The van der Waals surface area contributed by atoms with Crippen molar-refractivity contribution in [2.45, 2.75) is 23.7 Å². The lowest BCUT2D eigenvalue weighted by Crippen LogP contribution is -2.27. The molecular weight excluding hydrogens is 390 g/mol. The Labute approximate surface area is 162 Å². The Morgan fingerprint density at radius 3 is 2.63 bits per heavy atom. The van der Waals surface area contributed by atoms with Crippen LogP contribution in [0.5, 0.6) is 0 Å². The fourth-order valence-electron chi connectivity index (χ4n) is 2.27. The summed E-state index contributed by atoms with van der Waals surface area (Å²) in [5.74, 6) is -0.890. The van der Waals surface area contributed by atoms with E-state index in [0.29, 0.717) is 17.5 Å². The quantitative estimate of drug-likeness (QED) is 0.590. The summed E-state index contributed by atoms with van der Waals surface area (Å²) in [5.41, 5.74) is 1.05. The highest BCUT2D eigenvalue weighted by Crippen LogP contribution is 2.20. The molecule has 0 aliphatic carbocycles. The molecule has 2 rings (SSSR count). The molecule has 9 heteroatoms. The minimum absolute atomic E-state index is 0.0347. The van der Waals surface area contributed by atoms with Crippen LogP contribution in [0.4, 0.5) is 0 Å². The van der Waals surface area contributed by atoms with Crippen molar-refractivity contribution in [3.05, 3.63) is 52.9 Å². The first-order valence-electron chi connectivity index (χ1n) is 8.17. The molecule has 0 bridgehead atoms. The predicted molar refractivity (Wildman–Crippen MR) is 101 cm³/mol. The van der Waals surface area contributed by atoms with Gasteiger partial charge in [-0.25, -0.2) is 17.5 Å². The van der Waals surface area contributed by atoms with Crippen LogP contribution < -0.4 is 0 Å². The first kappa shape index (κ1) is 21.1. The van der Waals surface area contributed by atoms with E-state index >= 15 is 0 Å². The summed E-state index contributed by atoms with van der Waals surface area (Å²) >= 11 is 1.15. The zero-order valence-corrected chi connectivity index (χ0v) is 16.7. The van der Waals surface area contributed by atoms with Crippen molar-refractivity contribution in [3.8, 4) is 0 Å². The lowest BCUT2D eigenvalue weighted by atomic mass is 10.1. The molecule has 1 heterocycles. The van der Waals surface area contributed by atoms with Gasteiger partial charge < -0.3 is 9.47 Å². The molecule has 0 aliphatic rings. The van der Waals surface area contributed by atoms with E-state index in [1.165, 1.54) is 18.5 Å². The number of thiophene rings is 1. The van der Waals surface area contributed by atoms with Gasteiger partial charge in [-0.3, -0.25) is 4.79 Å². The second-order valence-corrected chi connectivity index (χ2v) is 8.93. The third kappa shape index (κ3) is 5.88. The number of benzene rings is 1. The number of ether oxygens (including phenoxy) is 2. The molecule has 0 atom stereocenters. The van der Waals surface area contributed by atoms with E-state index in [2.05, 4.69) is 4.74 Å². The summed E-state index contributed by atoms with van der Waals surface area (Å²) < 4.78 is 35.9. The van der Waals surface area contributed by atoms with Gasteiger partial charge in [0.05, 0.1) is 12.7 Å². The third-order valence-corrected chi connectivity index (χ3v) is 6.99. The fourth-order valence-corrected chi connectivity index (χ4v) is 4.68. The van der Waals surface area contributed by atoms with Crippen molar-refractivity contribution in [1.82, 2.24) is 4.31 Å². The number of nitrogens with zero attached hydrogens (tertiary/aromatic N) is 1. The second kappa shape index (κ2) is 9.63. The molecule has 1 aromatic heterocycles. The molecule has 1 aromatic carbocycles. The van der Waals surface area contributed by atoms with E-state index in [1.54, 1.807) is 41.8 Å². The molecule has 27 heavy (non-hydrogen) atoms. The number of hydrogen-bond donors (Lipinski definition) is 0. The molecular formula is C18H21NO6S2. The maximum absolute atomic E-state index is 12.3. The lowest BCUT2D eigenvalue weighted by Gasteiger charge is -2.15. The highest BCUT2D eigenvalue weighted by Gasteiger charge is 2.21. The molecule has 0 aliphatic heterocycles. The van der Waals surface area contributed by atoms with Crippen LogP contribution in [-0.2, 0) is 30.9 Å². The third-order valence-electron chi connectivity index (χ3n) is 3.76. The van der Waals surface area contributed by atoms with Gasteiger partial charge >= 0.3 is 11.9 Å².